The summed E-state index contributed by atoms with van der Waals surface area (Å²) in [4.78, 5) is 5.10. The normalized spacial score (nSPS) is 12.2. The third-order valence-electron chi connectivity index (χ3n) is 6.18. The minimum Gasteiger partial charge on any atom is -0.464 e. The number of para-hydroxylation sites is 2. The molecule has 162 valence electrons. The van der Waals surface area contributed by atoms with E-state index in [0.717, 1.165) is 45.5 Å². The zero-order chi connectivity index (χ0) is 22.6. The van der Waals surface area contributed by atoms with E-state index in [9.17, 15) is 0 Å². The molecule has 33 heavy (non-hydrogen) atoms. The highest BCUT2D eigenvalue weighted by atomic mass is 16.3. The van der Waals surface area contributed by atoms with Gasteiger partial charge in [0.15, 0.2) is 0 Å². The van der Waals surface area contributed by atoms with Crippen LogP contribution in [0, 0.1) is 5.41 Å². The lowest BCUT2D eigenvalue weighted by Gasteiger charge is -2.18. The molecule has 2 heterocycles. The SMILES string of the molecule is CC(C)(C)Cc1ccc2occ(-c3nc4ccccc4n3-c3cccc4ccccc34)c2c1. The molecule has 0 saturated heterocycles. The monoisotopic (exact) mass is 430 g/mol. The van der Waals surface area contributed by atoms with E-state index in [4.69, 9.17) is 9.40 Å². The Balaban J connectivity index is 1.65. The molecule has 0 bridgehead atoms. The highest BCUT2D eigenvalue weighted by molar-refractivity contribution is 5.98. The predicted molar refractivity (Wildman–Crippen MR) is 137 cm³/mol. The topological polar surface area (TPSA) is 31.0 Å². The van der Waals surface area contributed by atoms with Crippen molar-refractivity contribution in [2.45, 2.75) is 27.2 Å². The molecule has 0 saturated carbocycles. The van der Waals surface area contributed by atoms with E-state index in [1.165, 1.54) is 16.3 Å². The number of aromatic nitrogens is 2. The van der Waals surface area contributed by atoms with Crippen molar-refractivity contribution in [3.05, 3.63) is 96.8 Å². The first-order chi connectivity index (χ1) is 16.0. The molecule has 0 spiro atoms. The Morgan fingerprint density at radius 3 is 2.48 bits per heavy atom. The Bertz CT molecular complexity index is 1620. The van der Waals surface area contributed by atoms with Crippen LogP contribution in [0.3, 0.4) is 0 Å². The van der Waals surface area contributed by atoms with Gasteiger partial charge in [0.25, 0.3) is 0 Å². The number of fused-ring (bicyclic) bond motifs is 3. The van der Waals surface area contributed by atoms with E-state index in [0.29, 0.717) is 0 Å². The number of rotatable bonds is 3. The van der Waals surface area contributed by atoms with Crippen molar-refractivity contribution < 1.29 is 4.42 Å². The van der Waals surface area contributed by atoms with Crippen LogP contribution in [0.1, 0.15) is 26.3 Å². The molecule has 4 aromatic carbocycles. The fourth-order valence-electron chi connectivity index (χ4n) is 4.83. The van der Waals surface area contributed by atoms with Gasteiger partial charge in [-0.1, -0.05) is 75.4 Å². The first kappa shape index (κ1) is 19.8. The predicted octanol–water partition coefficient (Wildman–Crippen LogP) is 8.18. The number of hydrogen-bond acceptors (Lipinski definition) is 2. The lowest BCUT2D eigenvalue weighted by atomic mass is 9.88. The van der Waals surface area contributed by atoms with Crippen molar-refractivity contribution in [3.63, 3.8) is 0 Å². The fraction of sp³-hybridized carbons (Fsp3) is 0.167. The van der Waals surface area contributed by atoms with Crippen LogP contribution in [-0.2, 0) is 6.42 Å². The first-order valence-corrected chi connectivity index (χ1v) is 11.4. The molecule has 3 heteroatoms. The highest BCUT2D eigenvalue weighted by Gasteiger charge is 2.20. The maximum absolute atomic E-state index is 6.01. The van der Waals surface area contributed by atoms with Crippen LogP contribution in [0.2, 0.25) is 0 Å². The zero-order valence-corrected chi connectivity index (χ0v) is 19.2. The summed E-state index contributed by atoms with van der Waals surface area (Å²) in [6, 6.07) is 29.8. The average molecular weight is 431 g/mol. The molecule has 6 aromatic rings. The molecule has 3 nitrogen and oxygen atoms in total. The third-order valence-corrected chi connectivity index (χ3v) is 6.18. The molecule has 0 aliphatic heterocycles. The van der Waals surface area contributed by atoms with Crippen LogP contribution in [0.4, 0.5) is 0 Å². The van der Waals surface area contributed by atoms with Crippen LogP contribution in [0.5, 0.6) is 0 Å². The largest absolute Gasteiger partial charge is 0.464 e. The fourth-order valence-corrected chi connectivity index (χ4v) is 4.83. The summed E-state index contributed by atoms with van der Waals surface area (Å²) in [5.41, 5.74) is 6.62. The summed E-state index contributed by atoms with van der Waals surface area (Å²) in [5.74, 6) is 0.902. The molecule has 0 atom stereocenters. The van der Waals surface area contributed by atoms with E-state index < -0.39 is 0 Å². The third kappa shape index (κ3) is 3.41. The van der Waals surface area contributed by atoms with Gasteiger partial charge >= 0.3 is 0 Å². The minimum absolute atomic E-state index is 0.216. The lowest BCUT2D eigenvalue weighted by molar-refractivity contribution is 0.411. The Morgan fingerprint density at radius 2 is 1.61 bits per heavy atom. The van der Waals surface area contributed by atoms with Crippen molar-refractivity contribution in [2.24, 2.45) is 5.41 Å². The molecule has 0 fully saturated rings. The van der Waals surface area contributed by atoms with Crippen molar-refractivity contribution in [1.82, 2.24) is 9.55 Å². The van der Waals surface area contributed by atoms with Gasteiger partial charge in [-0.2, -0.15) is 0 Å². The molecular weight excluding hydrogens is 404 g/mol. The van der Waals surface area contributed by atoms with E-state index in [1.54, 1.807) is 0 Å². The van der Waals surface area contributed by atoms with Gasteiger partial charge in [0, 0.05) is 10.8 Å². The Labute approximate surface area is 193 Å². The van der Waals surface area contributed by atoms with Crippen LogP contribution in [0.25, 0.3) is 49.9 Å². The van der Waals surface area contributed by atoms with Crippen LogP contribution in [0.15, 0.2) is 95.6 Å². The van der Waals surface area contributed by atoms with Gasteiger partial charge in [0.2, 0.25) is 0 Å². The van der Waals surface area contributed by atoms with Gasteiger partial charge in [-0.25, -0.2) is 4.98 Å². The Morgan fingerprint density at radius 1 is 0.818 bits per heavy atom. The first-order valence-electron chi connectivity index (χ1n) is 11.4. The second-order valence-electron chi connectivity index (χ2n) is 9.98. The summed E-state index contributed by atoms with van der Waals surface area (Å²) < 4.78 is 8.29. The Kier molecular flexibility index (Phi) is 4.41. The number of benzene rings is 4. The molecule has 0 radical (unpaired) electrons. The summed E-state index contributed by atoms with van der Waals surface area (Å²) in [6.07, 6.45) is 2.86. The molecule has 6 rings (SSSR count). The van der Waals surface area contributed by atoms with Gasteiger partial charge in [-0.15, -0.1) is 0 Å². The van der Waals surface area contributed by atoms with E-state index in [1.807, 2.05) is 12.3 Å². The van der Waals surface area contributed by atoms with Crippen molar-refractivity contribution in [3.8, 4) is 17.1 Å². The average Bonchev–Trinajstić information content (AvgIpc) is 3.38. The molecule has 0 amide bonds. The van der Waals surface area contributed by atoms with Crippen molar-refractivity contribution in [2.75, 3.05) is 0 Å². The molecule has 0 unspecified atom stereocenters. The lowest BCUT2D eigenvalue weighted by Crippen LogP contribution is -2.08. The molecule has 2 aromatic heterocycles. The van der Waals surface area contributed by atoms with Crippen LogP contribution < -0.4 is 0 Å². The quantitative estimate of drug-likeness (QED) is 0.283. The number of nitrogens with zero attached hydrogens (tertiary/aromatic N) is 2. The van der Waals surface area contributed by atoms with Gasteiger partial charge < -0.3 is 4.42 Å². The van der Waals surface area contributed by atoms with Gasteiger partial charge in [0.05, 0.1) is 22.3 Å². The number of imidazole rings is 1. The summed E-state index contributed by atoms with van der Waals surface area (Å²) in [5, 5.41) is 3.52. The molecule has 0 aliphatic carbocycles. The van der Waals surface area contributed by atoms with Crippen molar-refractivity contribution in [1.29, 1.82) is 0 Å². The second kappa shape index (κ2) is 7.35. The number of furan rings is 1. The summed E-state index contributed by atoms with van der Waals surface area (Å²) >= 11 is 0. The van der Waals surface area contributed by atoms with Gasteiger partial charge in [0.1, 0.15) is 17.7 Å². The van der Waals surface area contributed by atoms with Crippen molar-refractivity contribution >= 4 is 32.8 Å². The standard InChI is InChI=1S/C30H26N2O/c1-30(2,3)18-20-15-16-28-23(17-20)24(19-33-28)29-31-25-12-6-7-13-27(25)32(29)26-14-8-10-21-9-4-5-11-22(21)26/h4-17,19H,18H2,1-3H3. The maximum Gasteiger partial charge on any atom is 0.149 e. The highest BCUT2D eigenvalue weighted by Crippen LogP contribution is 2.37. The maximum atomic E-state index is 6.01. The summed E-state index contributed by atoms with van der Waals surface area (Å²) in [6.45, 7) is 6.81. The smallest absolute Gasteiger partial charge is 0.149 e. The summed E-state index contributed by atoms with van der Waals surface area (Å²) in [7, 11) is 0. The second-order valence-corrected chi connectivity index (χ2v) is 9.98. The Hall–Kier alpha value is -3.85. The van der Waals surface area contributed by atoms with E-state index in [2.05, 4.69) is 104 Å². The number of hydrogen-bond donors (Lipinski definition) is 0. The zero-order valence-electron chi connectivity index (χ0n) is 19.2. The van der Waals surface area contributed by atoms with Gasteiger partial charge in [-0.05, 0) is 53.1 Å². The molecule has 0 aliphatic rings. The van der Waals surface area contributed by atoms with Crippen LogP contribution >= 0.6 is 0 Å². The van der Waals surface area contributed by atoms with Gasteiger partial charge in [-0.3, -0.25) is 4.57 Å². The van der Waals surface area contributed by atoms with Crippen LogP contribution in [-0.4, -0.2) is 9.55 Å². The minimum atomic E-state index is 0.216. The molecular formula is C30H26N2O. The van der Waals surface area contributed by atoms with E-state index in [-0.39, 0.29) is 5.41 Å². The van der Waals surface area contributed by atoms with E-state index >= 15 is 0 Å². The molecule has 0 N–H and O–H groups in total.